The number of aromatic nitrogens is 1. The normalized spacial score (nSPS) is 10.8. The van der Waals surface area contributed by atoms with Crippen LogP contribution in [0, 0.1) is 5.82 Å². The van der Waals surface area contributed by atoms with Gasteiger partial charge in [0.2, 0.25) is 0 Å². The third-order valence-electron chi connectivity index (χ3n) is 4.07. The Kier molecular flexibility index (Phi) is 5.68. The van der Waals surface area contributed by atoms with Crippen LogP contribution < -0.4 is 5.73 Å². The standard InChI is InChI=1S/C20H20FN3S/c21-19-3-1-2-16(11-19)14-24(9-7-22)20(25)12-15-4-5-18-13-23-8-6-17(18)10-15/h1-6,8,10-11,13H,7,9,12,14,22H2. The Morgan fingerprint density at radius 1 is 1.08 bits per heavy atom. The molecule has 1 aromatic heterocycles. The van der Waals surface area contributed by atoms with Crippen molar-refractivity contribution in [2.45, 2.75) is 13.0 Å². The van der Waals surface area contributed by atoms with Crippen LogP contribution in [0.2, 0.25) is 0 Å². The van der Waals surface area contributed by atoms with Gasteiger partial charge >= 0.3 is 0 Å². The molecule has 0 aliphatic rings. The summed E-state index contributed by atoms with van der Waals surface area (Å²) in [5, 5.41) is 2.25. The van der Waals surface area contributed by atoms with Crippen molar-refractivity contribution >= 4 is 28.0 Å². The zero-order valence-electron chi connectivity index (χ0n) is 13.9. The molecule has 1 heterocycles. The van der Waals surface area contributed by atoms with E-state index < -0.39 is 0 Å². The first-order chi connectivity index (χ1) is 12.2. The van der Waals surface area contributed by atoms with E-state index in [2.05, 4.69) is 23.2 Å². The summed E-state index contributed by atoms with van der Waals surface area (Å²) in [7, 11) is 0. The Morgan fingerprint density at radius 3 is 2.76 bits per heavy atom. The van der Waals surface area contributed by atoms with Gasteiger partial charge in [-0.05, 0) is 34.7 Å². The van der Waals surface area contributed by atoms with Gasteiger partial charge in [-0.3, -0.25) is 4.98 Å². The summed E-state index contributed by atoms with van der Waals surface area (Å²) in [6, 6.07) is 14.8. The van der Waals surface area contributed by atoms with Gasteiger partial charge < -0.3 is 10.6 Å². The van der Waals surface area contributed by atoms with E-state index in [0.717, 1.165) is 26.9 Å². The summed E-state index contributed by atoms with van der Waals surface area (Å²) in [6.45, 7) is 1.71. The predicted molar refractivity (Wildman–Crippen MR) is 104 cm³/mol. The lowest BCUT2D eigenvalue weighted by Crippen LogP contribution is -2.34. The zero-order chi connectivity index (χ0) is 17.6. The maximum Gasteiger partial charge on any atom is 0.123 e. The average molecular weight is 353 g/mol. The van der Waals surface area contributed by atoms with Gasteiger partial charge in [0, 0.05) is 43.8 Å². The lowest BCUT2D eigenvalue weighted by Gasteiger charge is -2.25. The van der Waals surface area contributed by atoms with Crippen LogP contribution in [0.3, 0.4) is 0 Å². The minimum Gasteiger partial charge on any atom is -0.360 e. The van der Waals surface area contributed by atoms with Crippen LogP contribution in [0.15, 0.2) is 60.9 Å². The second-order valence-corrected chi connectivity index (χ2v) is 6.44. The molecule has 2 aromatic carbocycles. The molecule has 0 amide bonds. The molecule has 0 bridgehead atoms. The van der Waals surface area contributed by atoms with Gasteiger partial charge in [-0.15, -0.1) is 0 Å². The number of thiocarbonyl (C=S) groups is 1. The fraction of sp³-hybridized carbons (Fsp3) is 0.200. The second-order valence-electron chi connectivity index (χ2n) is 5.97. The van der Waals surface area contributed by atoms with E-state index in [4.69, 9.17) is 18.0 Å². The molecule has 0 aliphatic heterocycles. The highest BCUT2D eigenvalue weighted by atomic mass is 32.1. The highest BCUT2D eigenvalue weighted by Crippen LogP contribution is 2.16. The van der Waals surface area contributed by atoms with Gasteiger partial charge in [-0.25, -0.2) is 4.39 Å². The molecule has 3 aromatic rings. The molecule has 3 rings (SSSR count). The Balaban J connectivity index is 1.75. The summed E-state index contributed by atoms with van der Waals surface area (Å²) in [4.78, 5) is 6.98. The van der Waals surface area contributed by atoms with E-state index >= 15 is 0 Å². The van der Waals surface area contributed by atoms with Crippen LogP contribution in [0.4, 0.5) is 4.39 Å². The number of nitrogens with two attached hydrogens (primary N) is 1. The molecular weight excluding hydrogens is 333 g/mol. The van der Waals surface area contributed by atoms with Gasteiger partial charge in [-0.2, -0.15) is 0 Å². The first-order valence-electron chi connectivity index (χ1n) is 8.20. The maximum absolute atomic E-state index is 13.4. The highest BCUT2D eigenvalue weighted by Gasteiger charge is 2.11. The molecule has 128 valence electrons. The van der Waals surface area contributed by atoms with Gasteiger partial charge in [-0.1, -0.05) is 42.5 Å². The predicted octanol–water partition coefficient (Wildman–Crippen LogP) is 3.70. The number of halogens is 1. The number of hydrogen-bond acceptors (Lipinski definition) is 3. The van der Waals surface area contributed by atoms with Gasteiger partial charge in [0.05, 0.1) is 4.99 Å². The summed E-state index contributed by atoms with van der Waals surface area (Å²) in [5.41, 5.74) is 7.77. The van der Waals surface area contributed by atoms with Crippen molar-refractivity contribution in [1.82, 2.24) is 9.88 Å². The summed E-state index contributed by atoms with van der Waals surface area (Å²) < 4.78 is 13.4. The fourth-order valence-electron chi connectivity index (χ4n) is 2.83. The van der Waals surface area contributed by atoms with Crippen molar-refractivity contribution in [1.29, 1.82) is 0 Å². The average Bonchev–Trinajstić information content (AvgIpc) is 2.61. The number of nitrogens with zero attached hydrogens (tertiary/aromatic N) is 2. The monoisotopic (exact) mass is 353 g/mol. The molecule has 0 fully saturated rings. The first-order valence-corrected chi connectivity index (χ1v) is 8.61. The zero-order valence-corrected chi connectivity index (χ0v) is 14.7. The van der Waals surface area contributed by atoms with E-state index in [0.29, 0.717) is 26.1 Å². The quantitative estimate of drug-likeness (QED) is 0.686. The minimum atomic E-state index is -0.237. The lowest BCUT2D eigenvalue weighted by molar-refractivity contribution is 0.423. The number of hydrogen-bond donors (Lipinski definition) is 1. The van der Waals surface area contributed by atoms with E-state index in [1.807, 2.05) is 23.2 Å². The molecule has 0 radical (unpaired) electrons. The van der Waals surface area contributed by atoms with Gasteiger partial charge in [0.1, 0.15) is 5.82 Å². The topological polar surface area (TPSA) is 42.1 Å². The third-order valence-corrected chi connectivity index (χ3v) is 4.48. The third kappa shape index (κ3) is 4.59. The highest BCUT2D eigenvalue weighted by molar-refractivity contribution is 7.80. The summed E-state index contributed by atoms with van der Waals surface area (Å²) >= 11 is 5.64. The van der Waals surface area contributed by atoms with E-state index in [-0.39, 0.29) is 5.82 Å². The van der Waals surface area contributed by atoms with Crippen LogP contribution >= 0.6 is 12.2 Å². The van der Waals surface area contributed by atoms with Crippen molar-refractivity contribution in [2.24, 2.45) is 5.73 Å². The molecule has 25 heavy (non-hydrogen) atoms. The van der Waals surface area contributed by atoms with Crippen LogP contribution in [-0.4, -0.2) is 28.0 Å². The van der Waals surface area contributed by atoms with Crippen molar-refractivity contribution in [3.8, 4) is 0 Å². The Bertz CT molecular complexity index is 881. The molecule has 5 heteroatoms. The molecule has 0 unspecified atom stereocenters. The summed E-state index contributed by atoms with van der Waals surface area (Å²) in [5.74, 6) is -0.237. The van der Waals surface area contributed by atoms with E-state index in [1.165, 1.54) is 12.1 Å². The van der Waals surface area contributed by atoms with Crippen LogP contribution in [-0.2, 0) is 13.0 Å². The molecular formula is C20H20FN3S. The summed E-state index contributed by atoms with van der Waals surface area (Å²) in [6.07, 6.45) is 4.29. The maximum atomic E-state index is 13.4. The molecule has 0 saturated heterocycles. The Hall–Kier alpha value is -2.37. The van der Waals surface area contributed by atoms with Crippen LogP contribution in [0.25, 0.3) is 10.8 Å². The number of pyridine rings is 1. The molecule has 2 N–H and O–H groups in total. The Labute approximate surface area is 152 Å². The number of fused-ring (bicyclic) bond motifs is 1. The van der Waals surface area contributed by atoms with E-state index in [1.54, 1.807) is 12.3 Å². The number of benzene rings is 2. The second kappa shape index (κ2) is 8.14. The van der Waals surface area contributed by atoms with Crippen LogP contribution in [0.5, 0.6) is 0 Å². The van der Waals surface area contributed by atoms with Crippen LogP contribution in [0.1, 0.15) is 11.1 Å². The van der Waals surface area contributed by atoms with E-state index in [9.17, 15) is 4.39 Å². The molecule has 0 atom stereocenters. The molecule has 0 aliphatic carbocycles. The molecule has 0 saturated carbocycles. The Morgan fingerprint density at radius 2 is 1.96 bits per heavy atom. The van der Waals surface area contributed by atoms with Crippen molar-refractivity contribution in [3.63, 3.8) is 0 Å². The smallest absolute Gasteiger partial charge is 0.123 e. The first kappa shape index (κ1) is 17.5. The van der Waals surface area contributed by atoms with Crippen molar-refractivity contribution < 1.29 is 4.39 Å². The number of rotatable bonds is 6. The van der Waals surface area contributed by atoms with Gasteiger partial charge in [0.25, 0.3) is 0 Å². The molecule has 3 nitrogen and oxygen atoms in total. The minimum absolute atomic E-state index is 0.237. The van der Waals surface area contributed by atoms with Gasteiger partial charge in [0.15, 0.2) is 0 Å². The largest absolute Gasteiger partial charge is 0.360 e. The fourth-order valence-corrected chi connectivity index (χ4v) is 3.16. The molecule has 0 spiro atoms. The van der Waals surface area contributed by atoms with Crippen molar-refractivity contribution in [2.75, 3.05) is 13.1 Å². The SMILES string of the molecule is NCCN(Cc1cccc(F)c1)C(=S)Cc1ccc2cnccc2c1. The lowest BCUT2D eigenvalue weighted by atomic mass is 10.1. The van der Waals surface area contributed by atoms with Crippen molar-refractivity contribution in [3.05, 3.63) is 77.9 Å².